The van der Waals surface area contributed by atoms with Crippen LogP contribution in [0.1, 0.15) is 18.7 Å². The average molecular weight is 261 g/mol. The van der Waals surface area contributed by atoms with Gasteiger partial charge in [0, 0.05) is 5.56 Å². The van der Waals surface area contributed by atoms with Crippen molar-refractivity contribution in [2.24, 2.45) is 0 Å². The highest BCUT2D eigenvalue weighted by Gasteiger charge is 2.28. The van der Waals surface area contributed by atoms with Gasteiger partial charge in [-0.2, -0.15) is 0 Å². The van der Waals surface area contributed by atoms with E-state index in [0.717, 1.165) is 9.35 Å². The Balaban J connectivity index is 2.16. The van der Waals surface area contributed by atoms with Crippen LogP contribution in [0.5, 0.6) is 0 Å². The van der Waals surface area contributed by atoms with Crippen LogP contribution in [-0.4, -0.2) is 11.9 Å². The van der Waals surface area contributed by atoms with Crippen molar-refractivity contribution in [2.45, 2.75) is 19.1 Å². The third-order valence-corrected chi connectivity index (χ3v) is 3.54. The Kier molecular flexibility index (Phi) is 2.40. The fraction of sp³-hybridized carbons (Fsp3) is 0.375. The molecular weight excluding hydrogens is 252 g/mol. The summed E-state index contributed by atoms with van der Waals surface area (Å²) in [4.78, 5) is 11.2. The molecule has 5 heteroatoms. The molecule has 2 unspecified atom stereocenters. The van der Waals surface area contributed by atoms with Crippen LogP contribution in [0.25, 0.3) is 0 Å². The first-order valence-electron chi connectivity index (χ1n) is 3.97. The smallest absolute Gasteiger partial charge is 0.238 e. The van der Waals surface area contributed by atoms with Gasteiger partial charge in [0.2, 0.25) is 5.91 Å². The molecule has 0 spiro atoms. The number of hydrogen-bond acceptors (Lipinski definition) is 3. The largest absolute Gasteiger partial charge is 0.335 e. The molecule has 13 heavy (non-hydrogen) atoms. The van der Waals surface area contributed by atoms with Gasteiger partial charge in [0.1, 0.15) is 6.17 Å². The number of carbonyl (C=O) groups is 1. The molecule has 1 aliphatic rings. The highest BCUT2D eigenvalue weighted by molar-refractivity contribution is 9.11. The second-order valence-electron chi connectivity index (χ2n) is 3.01. The summed E-state index contributed by atoms with van der Waals surface area (Å²) in [7, 11) is 0. The van der Waals surface area contributed by atoms with Gasteiger partial charge in [0.25, 0.3) is 0 Å². The second kappa shape index (κ2) is 3.40. The molecule has 0 radical (unpaired) electrons. The van der Waals surface area contributed by atoms with E-state index in [4.69, 9.17) is 0 Å². The molecule has 1 aliphatic heterocycles. The van der Waals surface area contributed by atoms with Crippen LogP contribution in [0.2, 0.25) is 0 Å². The predicted molar refractivity (Wildman–Crippen MR) is 55.5 cm³/mol. The highest BCUT2D eigenvalue weighted by Crippen LogP contribution is 2.25. The first-order valence-corrected chi connectivity index (χ1v) is 5.64. The first-order chi connectivity index (χ1) is 6.16. The predicted octanol–water partition coefficient (Wildman–Crippen LogP) is 1.62. The van der Waals surface area contributed by atoms with Crippen LogP contribution in [0, 0.1) is 0 Å². The van der Waals surface area contributed by atoms with E-state index in [0.29, 0.717) is 0 Å². The quantitative estimate of drug-likeness (QED) is 0.806. The van der Waals surface area contributed by atoms with Gasteiger partial charge in [-0.05, 0) is 34.3 Å². The van der Waals surface area contributed by atoms with Gasteiger partial charge in [-0.3, -0.25) is 10.1 Å². The maximum absolute atomic E-state index is 11.2. The molecule has 3 nitrogen and oxygen atoms in total. The lowest BCUT2D eigenvalue weighted by molar-refractivity contribution is -0.120. The van der Waals surface area contributed by atoms with Gasteiger partial charge in [0.05, 0.1) is 9.83 Å². The first kappa shape index (κ1) is 9.18. The van der Waals surface area contributed by atoms with E-state index in [-0.39, 0.29) is 18.1 Å². The lowest BCUT2D eigenvalue weighted by Crippen LogP contribution is -2.24. The molecule has 2 atom stereocenters. The molecule has 1 aromatic rings. The molecule has 2 heterocycles. The van der Waals surface area contributed by atoms with Crippen molar-refractivity contribution in [3.05, 3.63) is 20.8 Å². The number of carbonyl (C=O) groups excluding carboxylic acids is 1. The summed E-state index contributed by atoms with van der Waals surface area (Å²) in [5.41, 5.74) is 1.11. The fourth-order valence-corrected chi connectivity index (χ4v) is 2.49. The Bertz CT molecular complexity index is 339. The van der Waals surface area contributed by atoms with Crippen LogP contribution in [0.3, 0.4) is 0 Å². The van der Waals surface area contributed by atoms with E-state index in [1.54, 1.807) is 11.3 Å². The Morgan fingerprint density at radius 1 is 1.62 bits per heavy atom. The Labute approximate surface area is 88.7 Å². The standard InChI is InChI=1S/C8H9BrN2OS/c1-4-8(12)11-7(10-4)5-2-6(9)13-3-5/h2-4,7,10H,1H3,(H,11,12). The van der Waals surface area contributed by atoms with Crippen LogP contribution in [0.15, 0.2) is 15.2 Å². The minimum absolute atomic E-state index is 0.0231. The van der Waals surface area contributed by atoms with Gasteiger partial charge < -0.3 is 5.32 Å². The number of thiophene rings is 1. The van der Waals surface area contributed by atoms with Crippen molar-refractivity contribution < 1.29 is 4.79 Å². The van der Waals surface area contributed by atoms with E-state index in [9.17, 15) is 4.79 Å². The summed E-state index contributed by atoms with van der Waals surface area (Å²) in [5.74, 6) is 0.0623. The van der Waals surface area contributed by atoms with Gasteiger partial charge >= 0.3 is 0 Å². The summed E-state index contributed by atoms with van der Waals surface area (Å²) < 4.78 is 1.08. The van der Waals surface area contributed by atoms with Crippen molar-refractivity contribution in [1.82, 2.24) is 10.6 Å². The molecule has 1 aromatic heterocycles. The van der Waals surface area contributed by atoms with Crippen LogP contribution in [0.4, 0.5) is 0 Å². The number of halogens is 1. The lowest BCUT2D eigenvalue weighted by atomic mass is 10.3. The summed E-state index contributed by atoms with van der Waals surface area (Å²) >= 11 is 5.01. The van der Waals surface area contributed by atoms with Gasteiger partial charge in [0.15, 0.2) is 0 Å². The molecule has 1 fully saturated rings. The number of nitrogens with one attached hydrogen (secondary N) is 2. The molecule has 0 aliphatic carbocycles. The summed E-state index contributed by atoms with van der Waals surface area (Å²) in [6, 6.07) is 1.92. The van der Waals surface area contributed by atoms with Crippen molar-refractivity contribution in [1.29, 1.82) is 0 Å². The Hall–Kier alpha value is -0.390. The fourth-order valence-electron chi connectivity index (χ4n) is 1.29. The SMILES string of the molecule is CC1NC(c2csc(Br)c2)NC1=O. The van der Waals surface area contributed by atoms with Crippen LogP contribution in [-0.2, 0) is 4.79 Å². The molecule has 0 aromatic carbocycles. The third-order valence-electron chi connectivity index (χ3n) is 2.02. The van der Waals surface area contributed by atoms with Gasteiger partial charge in [-0.1, -0.05) is 0 Å². The molecular formula is C8H9BrN2OS. The molecule has 1 saturated heterocycles. The van der Waals surface area contributed by atoms with Crippen molar-refractivity contribution in [2.75, 3.05) is 0 Å². The lowest BCUT2D eigenvalue weighted by Gasteiger charge is -2.07. The summed E-state index contributed by atoms with van der Waals surface area (Å²) in [6.45, 7) is 1.86. The number of rotatable bonds is 1. The van der Waals surface area contributed by atoms with Crippen LogP contribution >= 0.6 is 27.3 Å². The molecule has 2 N–H and O–H groups in total. The molecule has 0 bridgehead atoms. The van der Waals surface area contributed by atoms with E-state index in [1.165, 1.54) is 0 Å². The van der Waals surface area contributed by atoms with E-state index in [2.05, 4.69) is 26.6 Å². The molecule has 0 saturated carbocycles. The summed E-state index contributed by atoms with van der Waals surface area (Å²) in [5, 5.41) is 8.06. The maximum atomic E-state index is 11.2. The number of amides is 1. The molecule has 70 valence electrons. The second-order valence-corrected chi connectivity index (χ2v) is 5.30. The highest BCUT2D eigenvalue weighted by atomic mass is 79.9. The van der Waals surface area contributed by atoms with E-state index in [1.807, 2.05) is 18.4 Å². The van der Waals surface area contributed by atoms with Gasteiger partial charge in [-0.25, -0.2) is 0 Å². The zero-order chi connectivity index (χ0) is 9.42. The Morgan fingerprint density at radius 3 is 2.85 bits per heavy atom. The average Bonchev–Trinajstić information content (AvgIpc) is 2.61. The monoisotopic (exact) mass is 260 g/mol. The minimum atomic E-state index is -0.0938. The number of hydrogen-bond donors (Lipinski definition) is 2. The topological polar surface area (TPSA) is 41.1 Å². The van der Waals surface area contributed by atoms with Crippen molar-refractivity contribution in [3.8, 4) is 0 Å². The Morgan fingerprint density at radius 2 is 2.38 bits per heavy atom. The molecule has 2 rings (SSSR count). The van der Waals surface area contributed by atoms with Crippen molar-refractivity contribution >= 4 is 33.2 Å². The van der Waals surface area contributed by atoms with E-state index >= 15 is 0 Å². The summed E-state index contributed by atoms with van der Waals surface area (Å²) in [6.07, 6.45) is -0.0231. The third kappa shape index (κ3) is 1.77. The zero-order valence-electron chi connectivity index (χ0n) is 7.00. The van der Waals surface area contributed by atoms with Gasteiger partial charge in [-0.15, -0.1) is 11.3 Å². The van der Waals surface area contributed by atoms with Crippen LogP contribution < -0.4 is 10.6 Å². The van der Waals surface area contributed by atoms with Crippen molar-refractivity contribution in [3.63, 3.8) is 0 Å². The zero-order valence-corrected chi connectivity index (χ0v) is 9.41. The minimum Gasteiger partial charge on any atom is -0.335 e. The normalized spacial score (nSPS) is 27.7. The maximum Gasteiger partial charge on any atom is 0.238 e. The molecule has 1 amide bonds. The van der Waals surface area contributed by atoms with E-state index < -0.39 is 0 Å².